The van der Waals surface area contributed by atoms with Crippen LogP contribution in [0.4, 0.5) is 5.82 Å². The van der Waals surface area contributed by atoms with Gasteiger partial charge in [-0.25, -0.2) is 0 Å². The molecule has 0 unspecified atom stereocenters. The minimum absolute atomic E-state index is 0.0869. The van der Waals surface area contributed by atoms with Crippen LogP contribution >= 0.6 is 0 Å². The summed E-state index contributed by atoms with van der Waals surface area (Å²) in [5.41, 5.74) is 6.41. The Morgan fingerprint density at radius 1 is 1.55 bits per heavy atom. The molecule has 0 saturated carbocycles. The molecule has 0 aromatic carbocycles. The van der Waals surface area contributed by atoms with Gasteiger partial charge in [-0.1, -0.05) is 0 Å². The predicted molar refractivity (Wildman–Crippen MR) is 39.6 cm³/mol. The summed E-state index contributed by atoms with van der Waals surface area (Å²) in [7, 11) is 0. The van der Waals surface area contributed by atoms with Crippen molar-refractivity contribution in [1.29, 1.82) is 0 Å². The van der Waals surface area contributed by atoms with Crippen LogP contribution in [0.3, 0.4) is 0 Å². The molecule has 0 atom stereocenters. The number of nitrogens with two attached hydrogens (primary N) is 1. The summed E-state index contributed by atoms with van der Waals surface area (Å²) in [6.07, 6.45) is 1.47. The number of ether oxygens (including phenoxy) is 2. The first kappa shape index (κ1) is 6.69. The summed E-state index contributed by atoms with van der Waals surface area (Å²) in [5, 5.41) is 0. The molecule has 0 radical (unpaired) electrons. The van der Waals surface area contributed by atoms with Gasteiger partial charge in [0.1, 0.15) is 5.82 Å². The van der Waals surface area contributed by atoms with E-state index in [0.29, 0.717) is 5.82 Å². The van der Waals surface area contributed by atoms with Crippen molar-refractivity contribution in [2.75, 3.05) is 5.73 Å². The lowest BCUT2D eigenvalue weighted by molar-refractivity contribution is -0.382. The molecule has 4 nitrogen and oxygen atoms in total. The van der Waals surface area contributed by atoms with Crippen molar-refractivity contribution in [3.63, 3.8) is 0 Å². The Morgan fingerprint density at radius 2 is 2.27 bits per heavy atom. The maximum Gasteiger partial charge on any atom is 0.191 e. The molecule has 1 aromatic rings. The molecule has 1 aromatic heterocycles. The number of nitrogen functional groups attached to an aromatic ring is 1. The minimum Gasteiger partial charge on any atom is -0.385 e. The third kappa shape index (κ3) is 1.10. The highest BCUT2D eigenvalue weighted by atomic mass is 16.9. The van der Waals surface area contributed by atoms with Crippen LogP contribution in [0.2, 0.25) is 0 Å². The first-order valence-electron chi connectivity index (χ1n) is 3.50. The lowest BCUT2D eigenvalue weighted by Gasteiger charge is -2.33. The van der Waals surface area contributed by atoms with Gasteiger partial charge in [0.25, 0.3) is 0 Å². The number of H-pyrrole nitrogens is 1. The molecule has 1 fully saturated rings. The fourth-order valence-corrected chi connectivity index (χ4v) is 1.08. The van der Waals surface area contributed by atoms with E-state index in [1.165, 1.54) is 0 Å². The molecule has 0 spiro atoms. The fourth-order valence-electron chi connectivity index (χ4n) is 1.08. The van der Waals surface area contributed by atoms with Crippen molar-refractivity contribution >= 4 is 5.82 Å². The average Bonchev–Trinajstić information content (AvgIpc) is 2.29. The Hall–Kier alpha value is -1.00. The molecule has 2 heterocycles. The lowest BCUT2D eigenvalue weighted by atomic mass is 10.3. The van der Waals surface area contributed by atoms with Gasteiger partial charge >= 0.3 is 0 Å². The van der Waals surface area contributed by atoms with E-state index in [4.69, 9.17) is 15.2 Å². The maximum absolute atomic E-state index is 5.46. The Bertz CT molecular complexity index is 253. The fraction of sp³-hybridized carbons (Fsp3) is 0.429. The molecule has 0 amide bonds. The van der Waals surface area contributed by atoms with E-state index in [1.807, 2.05) is 6.92 Å². The smallest absolute Gasteiger partial charge is 0.191 e. The van der Waals surface area contributed by atoms with Crippen LogP contribution in [0.25, 0.3) is 0 Å². The number of nitrogens with one attached hydrogen (secondary N) is 1. The largest absolute Gasteiger partial charge is 0.385 e. The lowest BCUT2D eigenvalue weighted by Crippen LogP contribution is -2.31. The van der Waals surface area contributed by atoms with Gasteiger partial charge in [0.15, 0.2) is 12.6 Å². The predicted octanol–water partition coefficient (Wildman–Crippen LogP) is 0.988. The monoisotopic (exact) mass is 154 g/mol. The van der Waals surface area contributed by atoms with Crippen LogP contribution in [0, 0.1) is 0 Å². The second-order valence-electron chi connectivity index (χ2n) is 2.56. The van der Waals surface area contributed by atoms with Crippen molar-refractivity contribution in [2.45, 2.75) is 19.5 Å². The molecule has 4 heteroatoms. The summed E-state index contributed by atoms with van der Waals surface area (Å²) in [5.74, 6) is 0.631. The molecule has 1 saturated heterocycles. The summed E-state index contributed by atoms with van der Waals surface area (Å²) < 4.78 is 10.5. The van der Waals surface area contributed by atoms with E-state index in [2.05, 4.69) is 4.98 Å². The SMILES string of the molecule is CC1OC(c2c[nH]c(N)c2)O1. The Morgan fingerprint density at radius 3 is 2.73 bits per heavy atom. The zero-order valence-corrected chi connectivity index (χ0v) is 6.20. The highest BCUT2D eigenvalue weighted by Gasteiger charge is 2.28. The number of rotatable bonds is 1. The number of anilines is 1. The summed E-state index contributed by atoms with van der Waals surface area (Å²) in [4.78, 5) is 2.85. The third-order valence-corrected chi connectivity index (χ3v) is 1.63. The first-order chi connectivity index (χ1) is 5.25. The normalized spacial score (nSPS) is 29.9. The van der Waals surface area contributed by atoms with Gasteiger partial charge in [0, 0.05) is 11.8 Å². The zero-order chi connectivity index (χ0) is 7.84. The molecule has 2 rings (SSSR count). The van der Waals surface area contributed by atoms with Gasteiger partial charge in [-0.2, -0.15) is 0 Å². The van der Waals surface area contributed by atoms with Gasteiger partial charge in [-0.3, -0.25) is 0 Å². The minimum atomic E-state index is -0.224. The molecule has 3 N–H and O–H groups in total. The third-order valence-electron chi connectivity index (χ3n) is 1.63. The van der Waals surface area contributed by atoms with E-state index in [-0.39, 0.29) is 12.6 Å². The van der Waals surface area contributed by atoms with Gasteiger partial charge in [-0.15, -0.1) is 0 Å². The van der Waals surface area contributed by atoms with E-state index in [0.717, 1.165) is 5.56 Å². The average molecular weight is 154 g/mol. The van der Waals surface area contributed by atoms with Gasteiger partial charge in [0.2, 0.25) is 0 Å². The molecule has 0 aliphatic carbocycles. The van der Waals surface area contributed by atoms with E-state index < -0.39 is 0 Å². The van der Waals surface area contributed by atoms with E-state index in [1.54, 1.807) is 12.3 Å². The summed E-state index contributed by atoms with van der Waals surface area (Å²) in [6, 6.07) is 1.80. The molecule has 0 bridgehead atoms. The van der Waals surface area contributed by atoms with Crippen molar-refractivity contribution < 1.29 is 9.47 Å². The Labute approximate surface area is 64.3 Å². The molecular formula is C7H10N2O2. The Kier molecular flexibility index (Phi) is 1.37. The van der Waals surface area contributed by atoms with Gasteiger partial charge < -0.3 is 20.2 Å². The Balaban J connectivity index is 2.07. The first-order valence-corrected chi connectivity index (χ1v) is 3.50. The number of hydrogen-bond acceptors (Lipinski definition) is 3. The van der Waals surface area contributed by atoms with Crippen molar-refractivity contribution in [1.82, 2.24) is 4.98 Å². The van der Waals surface area contributed by atoms with E-state index in [9.17, 15) is 0 Å². The van der Waals surface area contributed by atoms with Crippen LogP contribution < -0.4 is 5.73 Å². The molecule has 60 valence electrons. The van der Waals surface area contributed by atoms with Crippen molar-refractivity contribution in [3.8, 4) is 0 Å². The van der Waals surface area contributed by atoms with Crippen molar-refractivity contribution in [3.05, 3.63) is 17.8 Å². The highest BCUT2D eigenvalue weighted by Crippen LogP contribution is 2.31. The second kappa shape index (κ2) is 2.25. The van der Waals surface area contributed by atoms with Crippen LogP contribution in [0.1, 0.15) is 18.8 Å². The zero-order valence-electron chi connectivity index (χ0n) is 6.20. The maximum atomic E-state index is 5.46. The van der Waals surface area contributed by atoms with Crippen LogP contribution in [-0.2, 0) is 9.47 Å². The number of aromatic nitrogens is 1. The molecular weight excluding hydrogens is 144 g/mol. The highest BCUT2D eigenvalue weighted by molar-refractivity contribution is 5.34. The molecule has 11 heavy (non-hydrogen) atoms. The van der Waals surface area contributed by atoms with Gasteiger partial charge in [-0.05, 0) is 13.0 Å². The second-order valence-corrected chi connectivity index (χ2v) is 2.56. The molecule has 1 aliphatic heterocycles. The standard InChI is InChI=1S/C7H10N2O2/c1-4-10-7(11-4)5-2-6(8)9-3-5/h2-4,7,9H,8H2,1H3. The summed E-state index contributed by atoms with van der Waals surface area (Å²) in [6.45, 7) is 1.85. The van der Waals surface area contributed by atoms with E-state index >= 15 is 0 Å². The number of hydrogen-bond donors (Lipinski definition) is 2. The quantitative estimate of drug-likeness (QED) is 0.634. The van der Waals surface area contributed by atoms with Crippen LogP contribution in [0.15, 0.2) is 12.3 Å². The van der Waals surface area contributed by atoms with Gasteiger partial charge in [0.05, 0.1) is 0 Å². The van der Waals surface area contributed by atoms with Crippen LogP contribution in [-0.4, -0.2) is 11.3 Å². The van der Waals surface area contributed by atoms with Crippen molar-refractivity contribution in [2.24, 2.45) is 0 Å². The topological polar surface area (TPSA) is 60.3 Å². The number of aromatic amines is 1. The molecule has 1 aliphatic rings. The van der Waals surface area contributed by atoms with Crippen LogP contribution in [0.5, 0.6) is 0 Å². The summed E-state index contributed by atoms with van der Waals surface area (Å²) >= 11 is 0.